The second-order valence-corrected chi connectivity index (χ2v) is 4.35. The predicted molar refractivity (Wildman–Crippen MR) is 61.2 cm³/mol. The van der Waals surface area contributed by atoms with Gasteiger partial charge >= 0.3 is 119 Å². The first-order valence-electron chi connectivity index (χ1n) is 4.76. The van der Waals surface area contributed by atoms with Crippen molar-refractivity contribution in [2.45, 2.75) is 30.5 Å². The maximum atomic E-state index is 10.2. The fourth-order valence-corrected chi connectivity index (χ4v) is 0.870. The van der Waals surface area contributed by atoms with Gasteiger partial charge in [0, 0.05) is 19.5 Å². The second-order valence-electron chi connectivity index (χ2n) is 3.45. The molecule has 0 saturated heterocycles. The fourth-order valence-electron chi connectivity index (χ4n) is 0.870. The SMILES string of the molecule is O=C(O)[C@H](O)[C@@H](O)[C@H](O)[C@H](O)C(O)CO.O=S(=O)(O)O.[H-].[H-].[K+].[K+].[Zn]. The van der Waals surface area contributed by atoms with Gasteiger partial charge in [-0.2, -0.15) is 8.42 Å². The number of carboxylic acids is 1. The third-order valence-corrected chi connectivity index (χ3v) is 1.86. The number of hydrogen-bond acceptors (Lipinski definition) is 9. The van der Waals surface area contributed by atoms with Gasteiger partial charge in [0.15, 0.2) is 6.10 Å². The Labute approximate surface area is 232 Å². The first-order valence-corrected chi connectivity index (χ1v) is 6.16. The molecule has 0 bridgehead atoms. The van der Waals surface area contributed by atoms with Crippen LogP contribution in [0.1, 0.15) is 2.85 Å². The largest absolute Gasteiger partial charge is 1.00 e. The average Bonchev–Trinajstić information content (AvgIpc) is 2.31. The Balaban J connectivity index is -0.0000000576. The zero-order chi connectivity index (χ0) is 16.7. The minimum Gasteiger partial charge on any atom is -1.00 e. The number of carboxylic acid groups (broad SMARTS) is 1. The van der Waals surface area contributed by atoms with Gasteiger partial charge < -0.3 is 38.6 Å². The fraction of sp³-hybridized carbons (Fsp3) is 0.857. The van der Waals surface area contributed by atoms with Gasteiger partial charge in [0.05, 0.1) is 6.61 Å². The molecule has 0 aromatic rings. The van der Waals surface area contributed by atoms with Crippen LogP contribution in [0.5, 0.6) is 0 Å². The summed E-state index contributed by atoms with van der Waals surface area (Å²) >= 11 is 0. The molecule has 0 aliphatic carbocycles. The van der Waals surface area contributed by atoms with Crippen molar-refractivity contribution in [1.82, 2.24) is 0 Å². The summed E-state index contributed by atoms with van der Waals surface area (Å²) < 4.78 is 31.6. The molecule has 9 N–H and O–H groups in total. The summed E-state index contributed by atoms with van der Waals surface area (Å²) in [5.41, 5.74) is 0. The van der Waals surface area contributed by atoms with Crippen LogP contribution in [0.25, 0.3) is 0 Å². The summed E-state index contributed by atoms with van der Waals surface area (Å²) in [5.74, 6) is -1.78. The van der Waals surface area contributed by atoms with E-state index in [9.17, 15) is 4.79 Å². The second kappa shape index (κ2) is 18.4. The molecule has 16 heteroatoms. The molecule has 0 saturated carbocycles. The minimum atomic E-state index is -4.67. The topological polar surface area (TPSA) is 233 Å². The van der Waals surface area contributed by atoms with Crippen molar-refractivity contribution in [3.63, 3.8) is 0 Å². The zero-order valence-electron chi connectivity index (χ0n) is 14.5. The molecule has 12 nitrogen and oxygen atoms in total. The quantitative estimate of drug-likeness (QED) is 0.130. The van der Waals surface area contributed by atoms with E-state index >= 15 is 0 Å². The maximum Gasteiger partial charge on any atom is 1.00 e. The van der Waals surface area contributed by atoms with Crippen LogP contribution in [0.3, 0.4) is 0 Å². The average molecular weight is 470 g/mol. The summed E-state index contributed by atoms with van der Waals surface area (Å²) in [5, 5.41) is 61.5. The Hall–Kier alpha value is 3.00. The van der Waals surface area contributed by atoms with Crippen LogP contribution in [0.2, 0.25) is 0 Å². The first-order chi connectivity index (χ1) is 8.82. The van der Waals surface area contributed by atoms with E-state index in [1.54, 1.807) is 0 Å². The minimum absolute atomic E-state index is 0. The summed E-state index contributed by atoms with van der Waals surface area (Å²) in [6, 6.07) is 0. The molecule has 0 aromatic heterocycles. The standard InChI is InChI=1S/C7H14O8.2K.H2O4S.Zn.2H/c8-1-2(9)3(10)4(11)5(12)6(13)7(14)15;;;1-5(2,3)4;;;/h2-6,8-13H,1H2,(H,14,15);;;(H2,1,2,3,4);;;/q;2*+1;;;2*-1/t2?,3-,4-,5+,6-;;;;;;/m1....../s1. The van der Waals surface area contributed by atoms with Crippen molar-refractivity contribution in [3.05, 3.63) is 0 Å². The molecule has 0 radical (unpaired) electrons. The van der Waals surface area contributed by atoms with E-state index in [-0.39, 0.29) is 125 Å². The van der Waals surface area contributed by atoms with Crippen molar-refractivity contribution in [2.75, 3.05) is 6.61 Å². The van der Waals surface area contributed by atoms with Gasteiger partial charge in [-0.3, -0.25) is 9.11 Å². The Morgan fingerprint density at radius 2 is 1.22 bits per heavy atom. The Morgan fingerprint density at radius 3 is 1.43 bits per heavy atom. The molecule has 128 valence electrons. The predicted octanol–water partition coefficient (Wildman–Crippen LogP) is -10.6. The summed E-state index contributed by atoms with van der Waals surface area (Å²) in [6.45, 7) is -0.881. The molecule has 0 aliphatic heterocycles. The third kappa shape index (κ3) is 21.2. The van der Waals surface area contributed by atoms with Crippen molar-refractivity contribution in [2.24, 2.45) is 0 Å². The van der Waals surface area contributed by atoms with E-state index < -0.39 is 53.5 Å². The third-order valence-electron chi connectivity index (χ3n) is 1.86. The summed E-state index contributed by atoms with van der Waals surface area (Å²) in [6.07, 6.45) is -10.2. The number of aliphatic hydroxyl groups excluding tert-OH is 6. The Bertz CT molecular complexity index is 397. The van der Waals surface area contributed by atoms with Gasteiger partial charge in [-0.1, -0.05) is 0 Å². The van der Waals surface area contributed by atoms with Gasteiger partial charge in [0.2, 0.25) is 0 Å². The monoisotopic (exact) mass is 468 g/mol. The number of aliphatic hydroxyl groups is 6. The smallest absolute Gasteiger partial charge is 1.00 e. The molecule has 0 aromatic carbocycles. The summed E-state index contributed by atoms with van der Waals surface area (Å²) in [4.78, 5) is 10.2. The molecular formula is C7H18K2O12SZn. The zero-order valence-corrected chi connectivity index (χ0v) is 22.5. The first kappa shape index (κ1) is 36.8. The van der Waals surface area contributed by atoms with Crippen molar-refractivity contribution in [1.29, 1.82) is 0 Å². The van der Waals surface area contributed by atoms with Crippen LogP contribution in [-0.4, -0.2) is 96.4 Å². The van der Waals surface area contributed by atoms with Crippen LogP contribution < -0.4 is 103 Å². The van der Waals surface area contributed by atoms with Crippen molar-refractivity contribution in [3.8, 4) is 0 Å². The molecule has 23 heavy (non-hydrogen) atoms. The Morgan fingerprint density at radius 1 is 0.913 bits per heavy atom. The van der Waals surface area contributed by atoms with E-state index in [2.05, 4.69) is 0 Å². The van der Waals surface area contributed by atoms with E-state index in [1.165, 1.54) is 0 Å². The molecule has 1 unspecified atom stereocenters. The molecule has 0 aliphatic rings. The van der Waals surface area contributed by atoms with Crippen LogP contribution >= 0.6 is 0 Å². The molecule has 5 atom stereocenters. The van der Waals surface area contributed by atoms with Gasteiger partial charge in [-0.15, -0.1) is 0 Å². The van der Waals surface area contributed by atoms with E-state index in [0.717, 1.165) is 0 Å². The van der Waals surface area contributed by atoms with Gasteiger partial charge in [0.1, 0.15) is 24.4 Å². The molecular weight excluding hydrogens is 452 g/mol. The number of rotatable bonds is 6. The van der Waals surface area contributed by atoms with E-state index in [4.69, 9.17) is 53.3 Å². The number of carbonyl (C=O) groups is 1. The molecule has 0 fully saturated rings. The molecule has 0 rings (SSSR count). The maximum absolute atomic E-state index is 10.2. The van der Waals surface area contributed by atoms with Gasteiger partial charge in [-0.05, 0) is 0 Å². The number of hydrogen-bond donors (Lipinski definition) is 9. The van der Waals surface area contributed by atoms with E-state index in [0.29, 0.717) is 0 Å². The van der Waals surface area contributed by atoms with Crippen LogP contribution in [0, 0.1) is 0 Å². The molecule has 0 amide bonds. The van der Waals surface area contributed by atoms with Crippen molar-refractivity contribution < 1.29 is 183 Å². The summed E-state index contributed by atoms with van der Waals surface area (Å²) in [7, 11) is -4.67. The van der Waals surface area contributed by atoms with Gasteiger partial charge in [0.25, 0.3) is 0 Å². The molecule has 0 heterocycles. The van der Waals surface area contributed by atoms with Crippen LogP contribution in [-0.2, 0) is 34.7 Å². The van der Waals surface area contributed by atoms with Gasteiger partial charge in [-0.25, -0.2) is 4.79 Å². The molecule has 0 spiro atoms. The normalized spacial score (nSPS) is 16.5. The van der Waals surface area contributed by atoms with Crippen molar-refractivity contribution >= 4 is 16.4 Å². The number of aliphatic carboxylic acids is 1. The van der Waals surface area contributed by atoms with Crippen LogP contribution in [0.15, 0.2) is 0 Å². The van der Waals surface area contributed by atoms with E-state index in [1.807, 2.05) is 0 Å². The Kier molecular flexibility index (Phi) is 29.4. The van der Waals surface area contributed by atoms with Crippen LogP contribution in [0.4, 0.5) is 0 Å².